The van der Waals surface area contributed by atoms with Crippen molar-refractivity contribution in [2.24, 2.45) is 0 Å². The molecule has 1 aliphatic carbocycles. The van der Waals surface area contributed by atoms with Crippen LogP contribution in [0.25, 0.3) is 0 Å². The lowest BCUT2D eigenvalue weighted by atomic mass is 10.2. The summed E-state index contributed by atoms with van der Waals surface area (Å²) in [6, 6.07) is 0.440. The molecule has 0 radical (unpaired) electrons. The standard InChI is InChI=1S/C17H30N4O2/c22-16(18-15-5-6-15)13-19-9-11-20(12-10-19)14-17(23)21-7-3-1-2-4-8-21/h15H,1-14H2,(H,18,22). The van der Waals surface area contributed by atoms with Gasteiger partial charge in [-0.25, -0.2) is 0 Å². The highest BCUT2D eigenvalue weighted by molar-refractivity contribution is 5.79. The van der Waals surface area contributed by atoms with Gasteiger partial charge in [-0.3, -0.25) is 19.4 Å². The molecule has 6 nitrogen and oxygen atoms in total. The van der Waals surface area contributed by atoms with E-state index in [1.807, 2.05) is 4.90 Å². The van der Waals surface area contributed by atoms with Crippen LogP contribution in [-0.2, 0) is 9.59 Å². The van der Waals surface area contributed by atoms with Gasteiger partial charge in [-0.15, -0.1) is 0 Å². The number of nitrogens with zero attached hydrogens (tertiary/aromatic N) is 3. The van der Waals surface area contributed by atoms with Crippen LogP contribution >= 0.6 is 0 Å². The molecule has 1 saturated carbocycles. The molecular weight excluding hydrogens is 292 g/mol. The van der Waals surface area contributed by atoms with Crippen molar-refractivity contribution in [3.8, 4) is 0 Å². The number of nitrogens with one attached hydrogen (secondary N) is 1. The predicted octanol–water partition coefficient (Wildman–Crippen LogP) is 0.285. The average molecular weight is 322 g/mol. The van der Waals surface area contributed by atoms with Crippen LogP contribution < -0.4 is 5.32 Å². The Morgan fingerprint density at radius 1 is 0.783 bits per heavy atom. The molecule has 2 amide bonds. The van der Waals surface area contributed by atoms with E-state index in [4.69, 9.17) is 0 Å². The van der Waals surface area contributed by atoms with Gasteiger partial charge in [0.1, 0.15) is 0 Å². The van der Waals surface area contributed by atoms with Gasteiger partial charge >= 0.3 is 0 Å². The summed E-state index contributed by atoms with van der Waals surface area (Å²) in [7, 11) is 0. The van der Waals surface area contributed by atoms with E-state index in [9.17, 15) is 9.59 Å². The van der Waals surface area contributed by atoms with Crippen LogP contribution in [0.1, 0.15) is 38.5 Å². The van der Waals surface area contributed by atoms with E-state index in [1.165, 1.54) is 12.8 Å². The van der Waals surface area contributed by atoms with E-state index in [-0.39, 0.29) is 11.8 Å². The monoisotopic (exact) mass is 322 g/mol. The number of piperazine rings is 1. The number of hydrogen-bond acceptors (Lipinski definition) is 4. The highest BCUT2D eigenvalue weighted by atomic mass is 16.2. The van der Waals surface area contributed by atoms with Gasteiger partial charge in [-0.1, -0.05) is 12.8 Å². The molecule has 3 aliphatic rings. The molecule has 0 atom stereocenters. The second-order valence-corrected chi connectivity index (χ2v) is 7.19. The number of rotatable bonds is 5. The number of carbonyl (C=O) groups excluding carboxylic acids is 2. The minimum atomic E-state index is 0.154. The first-order valence-corrected chi connectivity index (χ1v) is 9.22. The number of likely N-dealkylation sites (tertiary alicyclic amines) is 1. The predicted molar refractivity (Wildman–Crippen MR) is 89.1 cm³/mol. The maximum Gasteiger partial charge on any atom is 0.236 e. The molecule has 23 heavy (non-hydrogen) atoms. The zero-order valence-electron chi connectivity index (χ0n) is 14.1. The Morgan fingerprint density at radius 2 is 1.35 bits per heavy atom. The maximum atomic E-state index is 12.4. The van der Waals surface area contributed by atoms with Gasteiger partial charge in [0.05, 0.1) is 13.1 Å². The molecule has 3 fully saturated rings. The van der Waals surface area contributed by atoms with Crippen LogP contribution in [0.4, 0.5) is 0 Å². The fourth-order valence-electron chi connectivity index (χ4n) is 3.42. The number of carbonyl (C=O) groups is 2. The fourth-order valence-corrected chi connectivity index (χ4v) is 3.42. The van der Waals surface area contributed by atoms with Crippen LogP contribution in [-0.4, -0.2) is 84.9 Å². The molecular formula is C17H30N4O2. The second kappa shape index (κ2) is 8.11. The van der Waals surface area contributed by atoms with Crippen molar-refractivity contribution < 1.29 is 9.59 Å². The van der Waals surface area contributed by atoms with Crippen LogP contribution in [0.15, 0.2) is 0 Å². The van der Waals surface area contributed by atoms with Crippen molar-refractivity contribution in [3.63, 3.8) is 0 Å². The Balaban J connectivity index is 1.34. The topological polar surface area (TPSA) is 55.9 Å². The van der Waals surface area contributed by atoms with Crippen molar-refractivity contribution in [1.82, 2.24) is 20.0 Å². The normalized spacial score (nSPS) is 24.3. The third-order valence-electron chi connectivity index (χ3n) is 5.09. The van der Waals surface area contributed by atoms with E-state index in [0.29, 0.717) is 19.1 Å². The minimum Gasteiger partial charge on any atom is -0.352 e. The zero-order valence-corrected chi connectivity index (χ0v) is 14.1. The molecule has 0 aromatic heterocycles. The van der Waals surface area contributed by atoms with Crippen molar-refractivity contribution in [2.75, 3.05) is 52.4 Å². The summed E-state index contributed by atoms with van der Waals surface area (Å²) in [4.78, 5) is 30.7. The van der Waals surface area contributed by atoms with E-state index < -0.39 is 0 Å². The zero-order chi connectivity index (χ0) is 16.1. The Kier molecular flexibility index (Phi) is 5.89. The molecule has 0 aromatic rings. The first kappa shape index (κ1) is 16.7. The SMILES string of the molecule is O=C(CN1CCN(CC(=O)N2CCCCCC2)CC1)NC1CC1. The lowest BCUT2D eigenvalue weighted by Gasteiger charge is -2.35. The van der Waals surface area contributed by atoms with E-state index in [1.54, 1.807) is 0 Å². The Hall–Kier alpha value is -1.14. The molecule has 1 N–H and O–H groups in total. The smallest absolute Gasteiger partial charge is 0.236 e. The minimum absolute atomic E-state index is 0.154. The summed E-state index contributed by atoms with van der Waals surface area (Å²) in [6.07, 6.45) is 7.08. The van der Waals surface area contributed by atoms with Gasteiger partial charge in [0.2, 0.25) is 11.8 Å². The molecule has 0 unspecified atom stereocenters. The molecule has 2 aliphatic heterocycles. The van der Waals surface area contributed by atoms with Gasteiger partial charge in [0.15, 0.2) is 0 Å². The van der Waals surface area contributed by atoms with Gasteiger partial charge in [-0.05, 0) is 25.7 Å². The molecule has 0 bridgehead atoms. The molecule has 0 spiro atoms. The average Bonchev–Trinajstić information content (AvgIpc) is 3.35. The summed E-state index contributed by atoms with van der Waals surface area (Å²) in [5, 5.41) is 3.04. The molecule has 3 rings (SSSR count). The first-order chi connectivity index (χ1) is 11.2. The van der Waals surface area contributed by atoms with Crippen molar-refractivity contribution in [3.05, 3.63) is 0 Å². The van der Waals surface area contributed by atoms with Gasteiger partial charge < -0.3 is 10.2 Å². The lowest BCUT2D eigenvalue weighted by molar-refractivity contribution is -0.133. The summed E-state index contributed by atoms with van der Waals surface area (Å²) in [5.41, 5.74) is 0. The maximum absolute atomic E-state index is 12.4. The first-order valence-electron chi connectivity index (χ1n) is 9.22. The number of hydrogen-bond donors (Lipinski definition) is 1. The van der Waals surface area contributed by atoms with Crippen molar-refractivity contribution >= 4 is 11.8 Å². The lowest BCUT2D eigenvalue weighted by Crippen LogP contribution is -2.52. The molecule has 2 saturated heterocycles. The highest BCUT2D eigenvalue weighted by Gasteiger charge is 2.26. The quantitative estimate of drug-likeness (QED) is 0.790. The van der Waals surface area contributed by atoms with Crippen molar-refractivity contribution in [1.29, 1.82) is 0 Å². The largest absolute Gasteiger partial charge is 0.352 e. The summed E-state index contributed by atoms with van der Waals surface area (Å²) in [5.74, 6) is 0.438. The van der Waals surface area contributed by atoms with Gasteiger partial charge in [0, 0.05) is 45.3 Å². The Labute approximate surface area is 139 Å². The third kappa shape index (κ3) is 5.46. The molecule has 2 heterocycles. The summed E-state index contributed by atoms with van der Waals surface area (Å²) >= 11 is 0. The number of amides is 2. The van der Waals surface area contributed by atoms with Crippen LogP contribution in [0.2, 0.25) is 0 Å². The Morgan fingerprint density at radius 3 is 1.91 bits per heavy atom. The third-order valence-corrected chi connectivity index (χ3v) is 5.09. The van der Waals surface area contributed by atoms with Crippen LogP contribution in [0.5, 0.6) is 0 Å². The van der Waals surface area contributed by atoms with Crippen molar-refractivity contribution in [2.45, 2.75) is 44.6 Å². The summed E-state index contributed by atoms with van der Waals surface area (Å²) in [6.45, 7) is 6.44. The van der Waals surface area contributed by atoms with Crippen LogP contribution in [0, 0.1) is 0 Å². The summed E-state index contributed by atoms with van der Waals surface area (Å²) < 4.78 is 0. The molecule has 130 valence electrons. The molecule has 0 aromatic carbocycles. The molecule has 6 heteroatoms. The Bertz CT molecular complexity index is 409. The van der Waals surface area contributed by atoms with E-state index >= 15 is 0 Å². The van der Waals surface area contributed by atoms with Crippen LogP contribution in [0.3, 0.4) is 0 Å². The highest BCUT2D eigenvalue weighted by Crippen LogP contribution is 2.18. The second-order valence-electron chi connectivity index (χ2n) is 7.19. The van der Waals surface area contributed by atoms with E-state index in [0.717, 1.165) is 65.0 Å². The van der Waals surface area contributed by atoms with Gasteiger partial charge in [0.25, 0.3) is 0 Å². The van der Waals surface area contributed by atoms with Gasteiger partial charge in [-0.2, -0.15) is 0 Å². The van der Waals surface area contributed by atoms with E-state index in [2.05, 4.69) is 15.1 Å². The fraction of sp³-hybridized carbons (Fsp3) is 0.882.